The van der Waals surface area contributed by atoms with Crippen molar-refractivity contribution in [3.05, 3.63) is 75.5 Å². The first-order valence-corrected chi connectivity index (χ1v) is 11.8. The van der Waals surface area contributed by atoms with Gasteiger partial charge in [0.2, 0.25) is 0 Å². The molecule has 0 atom stereocenters. The molecule has 0 bridgehead atoms. The molecule has 0 aliphatic heterocycles. The molecule has 3 aromatic rings. The summed E-state index contributed by atoms with van der Waals surface area (Å²) in [5, 5.41) is 1.11. The fourth-order valence-electron chi connectivity index (χ4n) is 2.40. The number of hydrogen-bond donors (Lipinski definition) is 2. The first kappa shape index (κ1) is 22.3. The first-order valence-electron chi connectivity index (χ1n) is 8.01. The minimum Gasteiger partial charge on any atom is -0.320 e. The van der Waals surface area contributed by atoms with Gasteiger partial charge in [-0.15, -0.1) is 0 Å². The molecule has 29 heavy (non-hydrogen) atoms. The lowest BCUT2D eigenvalue weighted by Crippen LogP contribution is -2.14. The van der Waals surface area contributed by atoms with Crippen molar-refractivity contribution in [2.45, 2.75) is 16.6 Å². The van der Waals surface area contributed by atoms with E-state index in [9.17, 15) is 13.3 Å². The largest absolute Gasteiger partial charge is 0.399 e. The highest BCUT2D eigenvalue weighted by Gasteiger charge is 2.51. The molecule has 5 nitrogen and oxygen atoms in total. The summed E-state index contributed by atoms with van der Waals surface area (Å²) in [5.74, 6) is 0.386. The van der Waals surface area contributed by atoms with Crippen LogP contribution in [0.15, 0.2) is 64.5 Å². The Kier molecular flexibility index (Phi) is 6.77. The second-order valence-corrected chi connectivity index (χ2v) is 9.84. The number of rotatable bonds is 6. The number of nitrogens with zero attached hydrogens (tertiary/aromatic N) is 2. The van der Waals surface area contributed by atoms with E-state index >= 15 is 0 Å². The van der Waals surface area contributed by atoms with Crippen molar-refractivity contribution in [3.8, 4) is 11.1 Å². The van der Waals surface area contributed by atoms with Crippen molar-refractivity contribution < 1.29 is 23.1 Å². The molecule has 152 valence electrons. The molecule has 0 amide bonds. The summed E-state index contributed by atoms with van der Waals surface area (Å²) in [4.78, 5) is 26.3. The number of benzene rings is 2. The molecule has 11 heteroatoms. The second-order valence-electron chi connectivity index (χ2n) is 5.95. The van der Waals surface area contributed by atoms with E-state index in [1.807, 2.05) is 12.1 Å². The fourth-order valence-corrected chi connectivity index (χ4v) is 4.66. The summed E-state index contributed by atoms with van der Waals surface area (Å²) in [7, 11) is -5.63. The van der Waals surface area contributed by atoms with Gasteiger partial charge < -0.3 is 9.79 Å². The number of halogens is 4. The lowest BCUT2D eigenvalue weighted by molar-refractivity contribution is 0.0557. The summed E-state index contributed by atoms with van der Waals surface area (Å²) in [5.41, 5.74) is -2.67. The SMILES string of the molecule is O=P(O)(O)C(F)(F)c1ccc(CSc2ncc(-c3cccc(Cl)c3)cn2)cc1Br. The Labute approximate surface area is 182 Å². The molecule has 0 fully saturated rings. The molecule has 2 aromatic carbocycles. The average Bonchev–Trinajstić information content (AvgIpc) is 2.66. The predicted octanol–water partition coefficient (Wildman–Crippen LogP) is 6.08. The molecular weight excluding hydrogens is 509 g/mol. The van der Waals surface area contributed by atoms with Crippen molar-refractivity contribution in [1.29, 1.82) is 0 Å². The highest BCUT2D eigenvalue weighted by Crippen LogP contribution is 2.60. The minimum atomic E-state index is -5.63. The van der Waals surface area contributed by atoms with Crippen LogP contribution in [0.3, 0.4) is 0 Å². The zero-order valence-corrected chi connectivity index (χ0v) is 18.5. The van der Waals surface area contributed by atoms with Gasteiger partial charge in [0.15, 0.2) is 5.16 Å². The van der Waals surface area contributed by atoms with Gasteiger partial charge in [-0.2, -0.15) is 8.78 Å². The molecule has 0 radical (unpaired) electrons. The van der Waals surface area contributed by atoms with Crippen molar-refractivity contribution in [3.63, 3.8) is 0 Å². The van der Waals surface area contributed by atoms with Crippen LogP contribution in [-0.2, 0) is 16.0 Å². The van der Waals surface area contributed by atoms with Gasteiger partial charge in [-0.1, -0.05) is 63.6 Å². The Hall–Kier alpha value is -1.35. The van der Waals surface area contributed by atoms with Crippen LogP contribution in [0, 0.1) is 0 Å². The highest BCUT2D eigenvalue weighted by molar-refractivity contribution is 9.10. The summed E-state index contributed by atoms with van der Waals surface area (Å²) in [6.07, 6.45) is 3.33. The van der Waals surface area contributed by atoms with E-state index in [1.54, 1.807) is 24.5 Å². The Balaban J connectivity index is 1.70. The van der Waals surface area contributed by atoms with Gasteiger partial charge >= 0.3 is 13.3 Å². The Morgan fingerprint density at radius 1 is 1.10 bits per heavy atom. The fraction of sp³-hybridized carbons (Fsp3) is 0.111. The van der Waals surface area contributed by atoms with Crippen LogP contribution in [-0.4, -0.2) is 19.8 Å². The smallest absolute Gasteiger partial charge is 0.320 e. The lowest BCUT2D eigenvalue weighted by atomic mass is 10.1. The monoisotopic (exact) mass is 520 g/mol. The molecular formula is C18H13BrClF2N2O3PS. The molecule has 0 unspecified atom stereocenters. The molecule has 0 spiro atoms. The summed E-state index contributed by atoms with van der Waals surface area (Å²) < 4.78 is 38.7. The van der Waals surface area contributed by atoms with E-state index < -0.39 is 18.8 Å². The molecule has 1 heterocycles. The van der Waals surface area contributed by atoms with Gasteiger partial charge in [-0.25, -0.2) is 9.97 Å². The van der Waals surface area contributed by atoms with Crippen molar-refractivity contribution in [2.24, 2.45) is 0 Å². The quantitative estimate of drug-likeness (QED) is 0.232. The summed E-state index contributed by atoms with van der Waals surface area (Å²) in [6, 6.07) is 11.1. The molecule has 3 rings (SSSR count). The molecule has 0 saturated heterocycles. The molecule has 1 aromatic heterocycles. The predicted molar refractivity (Wildman–Crippen MR) is 112 cm³/mol. The maximum absolute atomic E-state index is 13.9. The van der Waals surface area contributed by atoms with E-state index in [4.69, 9.17) is 21.4 Å². The zero-order chi connectivity index (χ0) is 21.2. The number of hydrogen-bond acceptors (Lipinski definition) is 4. The van der Waals surface area contributed by atoms with Gasteiger partial charge in [0, 0.05) is 38.8 Å². The molecule has 2 N–H and O–H groups in total. The zero-order valence-electron chi connectivity index (χ0n) is 14.5. The lowest BCUT2D eigenvalue weighted by Gasteiger charge is -2.19. The summed E-state index contributed by atoms with van der Waals surface area (Å²) in [6.45, 7) is 0. The molecule has 0 saturated carbocycles. The van der Waals surface area contributed by atoms with Gasteiger partial charge in [0.05, 0.1) is 0 Å². The topological polar surface area (TPSA) is 83.3 Å². The van der Waals surface area contributed by atoms with Crippen molar-refractivity contribution in [2.75, 3.05) is 0 Å². The van der Waals surface area contributed by atoms with Crippen LogP contribution in [0.2, 0.25) is 5.02 Å². The third-order valence-electron chi connectivity index (χ3n) is 3.88. The average molecular weight is 522 g/mol. The molecule has 0 aliphatic rings. The van der Waals surface area contributed by atoms with Gasteiger partial charge in [0.25, 0.3) is 0 Å². The highest BCUT2D eigenvalue weighted by atomic mass is 79.9. The Bertz CT molecular complexity index is 1080. The van der Waals surface area contributed by atoms with Crippen LogP contribution in [0.1, 0.15) is 11.1 Å². The molecule has 0 aliphatic carbocycles. The van der Waals surface area contributed by atoms with E-state index in [0.29, 0.717) is 21.5 Å². The van der Waals surface area contributed by atoms with Gasteiger partial charge in [-0.05, 0) is 29.3 Å². The van der Waals surface area contributed by atoms with Crippen molar-refractivity contribution >= 4 is 46.9 Å². The Morgan fingerprint density at radius 3 is 2.38 bits per heavy atom. The third-order valence-corrected chi connectivity index (χ3v) is 6.69. The van der Waals surface area contributed by atoms with E-state index in [0.717, 1.165) is 17.2 Å². The van der Waals surface area contributed by atoms with Crippen LogP contribution in [0.4, 0.5) is 8.78 Å². The second kappa shape index (κ2) is 8.79. The van der Waals surface area contributed by atoms with Gasteiger partial charge in [-0.3, -0.25) is 4.57 Å². The number of aromatic nitrogens is 2. The van der Waals surface area contributed by atoms with E-state index in [2.05, 4.69) is 25.9 Å². The number of thioether (sulfide) groups is 1. The van der Waals surface area contributed by atoms with Crippen molar-refractivity contribution in [1.82, 2.24) is 9.97 Å². The number of alkyl halides is 2. The van der Waals surface area contributed by atoms with Gasteiger partial charge in [0.1, 0.15) is 0 Å². The summed E-state index contributed by atoms with van der Waals surface area (Å²) >= 11 is 10.2. The standard InChI is InChI=1S/C18H13BrClF2N2O3PS/c19-16-6-11(4-5-15(16)18(21,22)28(25,26)27)10-29-17-23-8-13(9-24-17)12-2-1-3-14(20)7-12/h1-9H,10H2,(H2,25,26,27). The normalized spacial score (nSPS) is 12.2. The Morgan fingerprint density at radius 2 is 1.79 bits per heavy atom. The van der Waals surface area contributed by atoms with E-state index in [1.165, 1.54) is 23.9 Å². The maximum Gasteiger partial charge on any atom is 0.399 e. The van der Waals surface area contributed by atoms with Crippen LogP contribution in [0.5, 0.6) is 0 Å². The minimum absolute atomic E-state index is 0.0823. The van der Waals surface area contributed by atoms with E-state index in [-0.39, 0.29) is 4.47 Å². The first-order chi connectivity index (χ1) is 13.6. The van der Waals surface area contributed by atoms with Crippen LogP contribution >= 0.6 is 46.9 Å². The van der Waals surface area contributed by atoms with Crippen LogP contribution in [0.25, 0.3) is 11.1 Å². The third kappa shape index (κ3) is 5.23. The maximum atomic E-state index is 13.9. The van der Waals surface area contributed by atoms with Crippen LogP contribution < -0.4 is 0 Å².